The highest BCUT2D eigenvalue weighted by atomic mass is 127. The average molecular weight is 490 g/mol. The summed E-state index contributed by atoms with van der Waals surface area (Å²) in [5.74, 6) is 0.831. The zero-order valence-corrected chi connectivity index (χ0v) is 18.8. The lowest BCUT2D eigenvalue weighted by atomic mass is 10.1. The van der Waals surface area contributed by atoms with Crippen LogP contribution in [0, 0.1) is 0 Å². The second-order valence-electron chi connectivity index (χ2n) is 7.31. The quantitative estimate of drug-likeness (QED) is 0.393. The molecular weight excluding hydrogens is 459 g/mol. The van der Waals surface area contributed by atoms with Gasteiger partial charge in [0.2, 0.25) is 5.91 Å². The van der Waals surface area contributed by atoms with Crippen molar-refractivity contribution in [3.63, 3.8) is 0 Å². The molecule has 8 nitrogen and oxygen atoms in total. The molecule has 2 fully saturated rings. The highest BCUT2D eigenvalue weighted by molar-refractivity contribution is 14.0. The molecule has 1 N–H and O–H groups in total. The molecule has 0 radical (unpaired) electrons. The Labute approximate surface area is 178 Å². The van der Waals surface area contributed by atoms with E-state index < -0.39 is 0 Å². The number of rotatable bonds is 4. The van der Waals surface area contributed by atoms with Crippen LogP contribution in [0.25, 0.3) is 0 Å². The van der Waals surface area contributed by atoms with Crippen molar-refractivity contribution in [2.75, 3.05) is 40.3 Å². The van der Waals surface area contributed by atoms with E-state index in [0.29, 0.717) is 19.2 Å². The number of amides is 1. The summed E-state index contributed by atoms with van der Waals surface area (Å²) in [5, 5.41) is 7.83. The van der Waals surface area contributed by atoms with E-state index in [4.69, 9.17) is 4.74 Å². The Morgan fingerprint density at radius 2 is 2.15 bits per heavy atom. The first kappa shape index (κ1) is 21.9. The fourth-order valence-electron chi connectivity index (χ4n) is 3.42. The van der Waals surface area contributed by atoms with Crippen molar-refractivity contribution in [1.82, 2.24) is 24.9 Å². The number of nitrogens with zero attached hydrogens (tertiary/aromatic N) is 5. The predicted octanol–water partition coefficient (Wildman–Crippen LogP) is 1.39. The van der Waals surface area contributed by atoms with Crippen LogP contribution in [0.15, 0.2) is 17.4 Å². The minimum absolute atomic E-state index is 0. The maximum absolute atomic E-state index is 12.0. The lowest BCUT2D eigenvalue weighted by Gasteiger charge is -2.36. The van der Waals surface area contributed by atoms with Crippen LogP contribution >= 0.6 is 24.0 Å². The molecular formula is C18H31IN6O2. The number of carbonyl (C=O) groups excluding carboxylic acids is 1. The average Bonchev–Trinajstić information content (AvgIpc) is 3.30. The smallest absolute Gasteiger partial charge is 0.243 e. The largest absolute Gasteiger partial charge is 0.370 e. The Bertz CT molecular complexity index is 642. The highest BCUT2D eigenvalue weighted by Gasteiger charge is 2.27. The summed E-state index contributed by atoms with van der Waals surface area (Å²) in [6.07, 6.45) is 8.65. The second kappa shape index (κ2) is 10.3. The van der Waals surface area contributed by atoms with Gasteiger partial charge < -0.3 is 19.9 Å². The van der Waals surface area contributed by atoms with Gasteiger partial charge in [-0.25, -0.2) is 4.99 Å². The number of aliphatic imine (C=N–C) groups is 1. The third-order valence-corrected chi connectivity index (χ3v) is 5.01. The number of hydrogen-bond donors (Lipinski definition) is 1. The summed E-state index contributed by atoms with van der Waals surface area (Å²) >= 11 is 0. The molecule has 9 heteroatoms. The number of nitrogens with one attached hydrogen (secondary N) is 1. The van der Waals surface area contributed by atoms with Crippen molar-refractivity contribution in [2.45, 2.75) is 37.8 Å². The molecule has 1 unspecified atom stereocenters. The van der Waals surface area contributed by atoms with Gasteiger partial charge in [0.05, 0.1) is 19.3 Å². The highest BCUT2D eigenvalue weighted by Crippen LogP contribution is 2.23. The molecule has 0 spiro atoms. The van der Waals surface area contributed by atoms with E-state index in [0.717, 1.165) is 30.9 Å². The number of guanidine groups is 1. The molecule has 1 atom stereocenters. The maximum atomic E-state index is 12.0. The topological polar surface area (TPSA) is 75.0 Å². The molecule has 1 saturated heterocycles. The van der Waals surface area contributed by atoms with E-state index in [2.05, 4.69) is 20.3 Å². The number of aromatic nitrogens is 2. The van der Waals surface area contributed by atoms with Crippen LogP contribution in [0.2, 0.25) is 0 Å². The monoisotopic (exact) mass is 490 g/mol. The summed E-state index contributed by atoms with van der Waals surface area (Å²) in [6, 6.07) is 0.447. The van der Waals surface area contributed by atoms with Crippen molar-refractivity contribution in [1.29, 1.82) is 0 Å². The minimum Gasteiger partial charge on any atom is -0.370 e. The molecule has 0 aromatic carbocycles. The van der Waals surface area contributed by atoms with Gasteiger partial charge in [0.15, 0.2) is 5.96 Å². The Morgan fingerprint density at radius 1 is 1.41 bits per heavy atom. The summed E-state index contributed by atoms with van der Waals surface area (Å²) in [5.41, 5.74) is 1.07. The third kappa shape index (κ3) is 6.06. The summed E-state index contributed by atoms with van der Waals surface area (Å²) in [4.78, 5) is 20.4. The number of aryl methyl sites for hydroxylation is 1. The Kier molecular flexibility index (Phi) is 8.33. The Hall–Kier alpha value is -1.36. The molecule has 2 aliphatic rings. The first-order chi connectivity index (χ1) is 12.5. The van der Waals surface area contributed by atoms with Gasteiger partial charge in [0, 0.05) is 45.5 Å². The van der Waals surface area contributed by atoms with Crippen molar-refractivity contribution in [3.8, 4) is 0 Å². The molecule has 2 heterocycles. The van der Waals surface area contributed by atoms with E-state index in [-0.39, 0.29) is 42.5 Å². The van der Waals surface area contributed by atoms with E-state index in [1.54, 1.807) is 23.7 Å². The molecule has 1 aliphatic heterocycles. The lowest BCUT2D eigenvalue weighted by molar-refractivity contribution is -0.127. The van der Waals surface area contributed by atoms with E-state index in [1.165, 1.54) is 12.8 Å². The van der Waals surface area contributed by atoms with Crippen molar-refractivity contribution < 1.29 is 9.53 Å². The summed E-state index contributed by atoms with van der Waals surface area (Å²) in [6.45, 7) is 2.27. The van der Waals surface area contributed by atoms with Crippen LogP contribution in [0.3, 0.4) is 0 Å². The Morgan fingerprint density at radius 3 is 2.78 bits per heavy atom. The first-order valence-electron chi connectivity index (χ1n) is 9.39. The molecule has 1 aliphatic carbocycles. The molecule has 27 heavy (non-hydrogen) atoms. The van der Waals surface area contributed by atoms with Crippen molar-refractivity contribution in [3.05, 3.63) is 18.0 Å². The van der Waals surface area contributed by atoms with Crippen LogP contribution in [0.4, 0.5) is 0 Å². The molecule has 1 saturated carbocycles. The fraction of sp³-hybridized carbons (Fsp3) is 0.722. The minimum atomic E-state index is -0.0300. The van der Waals surface area contributed by atoms with Gasteiger partial charge in [-0.2, -0.15) is 5.10 Å². The maximum Gasteiger partial charge on any atom is 0.243 e. The number of halogens is 1. The second-order valence-corrected chi connectivity index (χ2v) is 7.31. The van der Waals surface area contributed by atoms with E-state index in [9.17, 15) is 4.79 Å². The molecule has 1 amide bonds. The number of likely N-dealkylation sites (N-methyl/N-ethyl adjacent to an activating group) is 1. The van der Waals surface area contributed by atoms with Crippen molar-refractivity contribution in [2.24, 2.45) is 12.0 Å². The number of hydrogen-bond acceptors (Lipinski definition) is 4. The molecule has 1 aromatic rings. The van der Waals surface area contributed by atoms with Crippen LogP contribution in [0.1, 0.15) is 37.4 Å². The van der Waals surface area contributed by atoms with E-state index >= 15 is 0 Å². The van der Waals surface area contributed by atoms with Crippen LogP contribution in [-0.4, -0.2) is 77.8 Å². The number of morpholine rings is 1. The van der Waals surface area contributed by atoms with E-state index in [1.807, 2.05) is 19.4 Å². The molecule has 3 rings (SSSR count). The van der Waals surface area contributed by atoms with Gasteiger partial charge in [-0.3, -0.25) is 9.48 Å². The van der Waals surface area contributed by atoms with Gasteiger partial charge in [0.25, 0.3) is 0 Å². The molecule has 0 bridgehead atoms. The molecule has 1 aromatic heterocycles. The number of ether oxygens (including phenoxy) is 1. The van der Waals surface area contributed by atoms with Gasteiger partial charge >= 0.3 is 0 Å². The lowest BCUT2D eigenvalue weighted by Crippen LogP contribution is -2.50. The van der Waals surface area contributed by atoms with Crippen LogP contribution in [-0.2, 0) is 16.6 Å². The predicted molar refractivity (Wildman–Crippen MR) is 115 cm³/mol. The first-order valence-corrected chi connectivity index (χ1v) is 9.39. The van der Waals surface area contributed by atoms with Crippen LogP contribution < -0.4 is 5.32 Å². The third-order valence-electron chi connectivity index (χ3n) is 5.01. The standard InChI is InChI=1S/C18H30N6O2.HI/c1-22(2)17(25)11-19-18(21-15-6-4-5-7-15)24-8-9-26-16(13-24)14-10-20-23(3)12-14;/h10,12,15-16H,4-9,11,13H2,1-3H3,(H,19,21);1H. The zero-order valence-electron chi connectivity index (χ0n) is 16.4. The van der Waals surface area contributed by atoms with Gasteiger partial charge in [-0.15, -0.1) is 24.0 Å². The molecule has 152 valence electrons. The summed E-state index contributed by atoms with van der Waals surface area (Å²) in [7, 11) is 5.43. The zero-order chi connectivity index (χ0) is 18.5. The SMILES string of the molecule is CN(C)C(=O)CN=C(NC1CCCC1)N1CCOC(c2cnn(C)c2)C1.I. The van der Waals surface area contributed by atoms with Gasteiger partial charge in [0.1, 0.15) is 12.6 Å². The summed E-state index contributed by atoms with van der Waals surface area (Å²) < 4.78 is 7.73. The fourth-order valence-corrected chi connectivity index (χ4v) is 3.42. The van der Waals surface area contributed by atoms with Gasteiger partial charge in [-0.1, -0.05) is 12.8 Å². The normalized spacial score (nSPS) is 21.1. The number of carbonyl (C=O) groups is 1. The van der Waals surface area contributed by atoms with Crippen molar-refractivity contribution >= 4 is 35.8 Å². The Balaban J connectivity index is 0.00000261. The van der Waals surface area contributed by atoms with Crippen LogP contribution in [0.5, 0.6) is 0 Å². The van der Waals surface area contributed by atoms with Gasteiger partial charge in [-0.05, 0) is 12.8 Å².